The molecular formula is C30H32N2O5. The van der Waals surface area contributed by atoms with Gasteiger partial charge in [0.1, 0.15) is 18.1 Å². The van der Waals surface area contributed by atoms with Crippen LogP contribution in [0.4, 0.5) is 0 Å². The Balaban J connectivity index is 1.55. The van der Waals surface area contributed by atoms with Gasteiger partial charge in [0.25, 0.3) is 0 Å². The van der Waals surface area contributed by atoms with E-state index in [1.165, 1.54) is 13.0 Å². The van der Waals surface area contributed by atoms with Crippen LogP contribution in [0.25, 0.3) is 10.9 Å². The number of ether oxygens (including phenoxy) is 2. The van der Waals surface area contributed by atoms with Gasteiger partial charge in [-0.2, -0.15) is 0 Å². The molecule has 192 valence electrons. The Labute approximate surface area is 216 Å². The minimum atomic E-state index is -0.959. The number of benzene rings is 3. The number of nitrogens with zero attached hydrogens (tertiary/aromatic N) is 1. The number of aromatic nitrogens is 1. The topological polar surface area (TPSA) is 91.9 Å². The predicted octanol–water partition coefficient (Wildman–Crippen LogP) is 4.63. The maximum Gasteiger partial charge on any atom is 0.248 e. The second-order valence-corrected chi connectivity index (χ2v) is 9.13. The van der Waals surface area contributed by atoms with Crippen molar-refractivity contribution in [3.05, 3.63) is 106 Å². The van der Waals surface area contributed by atoms with Gasteiger partial charge in [0.05, 0.1) is 25.3 Å². The highest BCUT2D eigenvalue weighted by Gasteiger charge is 2.23. The number of pyridine rings is 1. The highest BCUT2D eigenvalue weighted by molar-refractivity contribution is 5.88. The molecule has 2 atom stereocenters. The van der Waals surface area contributed by atoms with Crippen LogP contribution in [0.3, 0.4) is 0 Å². The van der Waals surface area contributed by atoms with Gasteiger partial charge in [-0.1, -0.05) is 48.5 Å². The molecule has 0 radical (unpaired) electrons. The lowest BCUT2D eigenvalue weighted by molar-refractivity contribution is -0.132. The summed E-state index contributed by atoms with van der Waals surface area (Å²) in [7, 11) is 1.62. The summed E-state index contributed by atoms with van der Waals surface area (Å²) in [4.78, 5) is 29.2. The first-order valence-corrected chi connectivity index (χ1v) is 12.3. The van der Waals surface area contributed by atoms with Crippen LogP contribution < -0.4 is 15.0 Å². The van der Waals surface area contributed by atoms with Crippen molar-refractivity contribution in [3.63, 3.8) is 0 Å². The number of methoxy groups -OCH3 is 1. The lowest BCUT2D eigenvalue weighted by atomic mass is 10.0. The van der Waals surface area contributed by atoms with Crippen molar-refractivity contribution >= 4 is 16.8 Å². The number of amides is 1. The Hall–Kier alpha value is -4.10. The molecule has 7 heteroatoms. The van der Waals surface area contributed by atoms with Gasteiger partial charge in [-0.3, -0.25) is 9.59 Å². The van der Waals surface area contributed by atoms with E-state index in [2.05, 4.69) is 4.98 Å². The average molecular weight is 501 g/mol. The Kier molecular flexibility index (Phi) is 8.25. The number of hydrogen-bond acceptors (Lipinski definition) is 5. The molecule has 4 aromatic rings. The van der Waals surface area contributed by atoms with Crippen LogP contribution >= 0.6 is 0 Å². The molecule has 0 fully saturated rings. The first-order valence-electron chi connectivity index (χ1n) is 12.3. The smallest absolute Gasteiger partial charge is 0.248 e. The van der Waals surface area contributed by atoms with Crippen molar-refractivity contribution < 1.29 is 19.4 Å². The summed E-state index contributed by atoms with van der Waals surface area (Å²) >= 11 is 0. The Morgan fingerprint density at radius 1 is 0.973 bits per heavy atom. The number of aliphatic hydroxyl groups is 1. The summed E-state index contributed by atoms with van der Waals surface area (Å²) in [5.41, 5.74) is 2.93. The van der Waals surface area contributed by atoms with E-state index in [4.69, 9.17) is 9.47 Å². The van der Waals surface area contributed by atoms with Crippen LogP contribution in [-0.4, -0.2) is 40.6 Å². The molecule has 1 amide bonds. The van der Waals surface area contributed by atoms with Crippen LogP contribution in [0.5, 0.6) is 11.5 Å². The van der Waals surface area contributed by atoms with E-state index in [1.54, 1.807) is 30.2 Å². The normalized spacial score (nSPS) is 12.6. The summed E-state index contributed by atoms with van der Waals surface area (Å²) in [6, 6.07) is 24.0. The minimum absolute atomic E-state index is 0.116. The molecule has 2 N–H and O–H groups in total. The number of aliphatic hydroxyl groups excluding tert-OH is 1. The van der Waals surface area contributed by atoms with E-state index in [9.17, 15) is 14.7 Å². The second kappa shape index (κ2) is 11.8. The monoisotopic (exact) mass is 500 g/mol. The zero-order valence-corrected chi connectivity index (χ0v) is 21.3. The fraction of sp³-hybridized carbons (Fsp3) is 0.267. The standard InChI is InChI=1S/C30H32N2O5/c1-20(17-22-9-11-24(36-3)12-10-22)32(21(2)33)18-27(34)25-13-15-28(30-26(25)14-16-29(35)31-30)37-19-23-7-5-4-6-8-23/h4-16,20,27,34H,17-19H2,1-3H3,(H,31,35)/t20-,27-/m1/s1. The van der Waals surface area contributed by atoms with E-state index < -0.39 is 6.10 Å². The van der Waals surface area contributed by atoms with Gasteiger partial charge >= 0.3 is 0 Å². The zero-order valence-electron chi connectivity index (χ0n) is 21.3. The van der Waals surface area contributed by atoms with Crippen LogP contribution in [0.15, 0.2) is 83.7 Å². The van der Waals surface area contributed by atoms with Crippen LogP contribution in [0.1, 0.15) is 36.6 Å². The lowest BCUT2D eigenvalue weighted by Gasteiger charge is -2.31. The molecule has 7 nitrogen and oxygen atoms in total. The van der Waals surface area contributed by atoms with Gasteiger partial charge in [0.2, 0.25) is 11.5 Å². The van der Waals surface area contributed by atoms with E-state index >= 15 is 0 Å². The van der Waals surface area contributed by atoms with Gasteiger partial charge in [-0.05, 0) is 54.3 Å². The molecule has 0 aliphatic rings. The van der Waals surface area contributed by atoms with E-state index in [1.807, 2.05) is 61.5 Å². The summed E-state index contributed by atoms with van der Waals surface area (Å²) in [5, 5.41) is 11.9. The molecule has 37 heavy (non-hydrogen) atoms. The molecule has 0 aliphatic heterocycles. The highest BCUT2D eigenvalue weighted by atomic mass is 16.5. The SMILES string of the molecule is COc1ccc(C[C@@H](C)N(C[C@@H](O)c2ccc(OCc3ccccc3)c3[nH]c(=O)ccc23)C(C)=O)cc1. The first-order chi connectivity index (χ1) is 17.9. The first kappa shape index (κ1) is 26.0. The van der Waals surface area contributed by atoms with Gasteiger partial charge < -0.3 is 24.5 Å². The maximum absolute atomic E-state index is 12.6. The van der Waals surface area contributed by atoms with Crippen LogP contribution in [0.2, 0.25) is 0 Å². The Bertz CT molecular complexity index is 1400. The van der Waals surface area contributed by atoms with Crippen LogP contribution in [0, 0.1) is 0 Å². The number of fused-ring (bicyclic) bond motifs is 1. The summed E-state index contributed by atoms with van der Waals surface area (Å²) < 4.78 is 11.2. The summed E-state index contributed by atoms with van der Waals surface area (Å²) in [6.07, 6.45) is -0.324. The van der Waals surface area contributed by atoms with Crippen molar-refractivity contribution in [1.29, 1.82) is 0 Å². The number of H-pyrrole nitrogens is 1. The van der Waals surface area contributed by atoms with Crippen molar-refractivity contribution in [3.8, 4) is 11.5 Å². The predicted molar refractivity (Wildman–Crippen MR) is 144 cm³/mol. The highest BCUT2D eigenvalue weighted by Crippen LogP contribution is 2.31. The van der Waals surface area contributed by atoms with Crippen molar-refractivity contribution in [1.82, 2.24) is 9.88 Å². The third-order valence-corrected chi connectivity index (χ3v) is 6.48. The number of carbonyl (C=O) groups is 1. The lowest BCUT2D eigenvalue weighted by Crippen LogP contribution is -2.41. The Morgan fingerprint density at radius 2 is 1.70 bits per heavy atom. The third kappa shape index (κ3) is 6.37. The maximum atomic E-state index is 12.6. The van der Waals surface area contributed by atoms with E-state index in [0.717, 1.165) is 16.9 Å². The molecule has 0 unspecified atom stereocenters. The molecule has 4 rings (SSSR count). The molecule has 1 heterocycles. The molecule has 0 aliphatic carbocycles. The largest absolute Gasteiger partial charge is 0.497 e. The minimum Gasteiger partial charge on any atom is -0.497 e. The van der Waals surface area contributed by atoms with Gasteiger partial charge in [-0.15, -0.1) is 0 Å². The molecule has 0 spiro atoms. The average Bonchev–Trinajstić information content (AvgIpc) is 2.90. The molecule has 3 aromatic carbocycles. The van der Waals surface area contributed by atoms with Crippen molar-refractivity contribution in [2.75, 3.05) is 13.7 Å². The van der Waals surface area contributed by atoms with Gasteiger partial charge in [0, 0.05) is 24.4 Å². The van der Waals surface area contributed by atoms with Gasteiger partial charge in [0.15, 0.2) is 0 Å². The van der Waals surface area contributed by atoms with E-state index in [-0.39, 0.29) is 24.1 Å². The van der Waals surface area contributed by atoms with E-state index in [0.29, 0.717) is 35.2 Å². The number of rotatable bonds is 10. The fourth-order valence-electron chi connectivity index (χ4n) is 4.51. The Morgan fingerprint density at radius 3 is 2.38 bits per heavy atom. The van der Waals surface area contributed by atoms with Crippen LogP contribution in [-0.2, 0) is 17.8 Å². The number of aromatic amines is 1. The quantitative estimate of drug-likeness (QED) is 0.331. The summed E-state index contributed by atoms with van der Waals surface area (Å²) in [6.45, 7) is 3.93. The molecule has 1 aromatic heterocycles. The number of nitrogens with one attached hydrogen (secondary N) is 1. The number of carbonyl (C=O) groups excluding carboxylic acids is 1. The van der Waals surface area contributed by atoms with Crippen molar-refractivity contribution in [2.45, 2.75) is 39.0 Å². The third-order valence-electron chi connectivity index (χ3n) is 6.48. The van der Waals surface area contributed by atoms with Crippen molar-refractivity contribution in [2.24, 2.45) is 0 Å². The van der Waals surface area contributed by atoms with Gasteiger partial charge in [-0.25, -0.2) is 0 Å². The fourth-order valence-corrected chi connectivity index (χ4v) is 4.51. The number of hydrogen-bond donors (Lipinski definition) is 2. The second-order valence-electron chi connectivity index (χ2n) is 9.13. The summed E-state index contributed by atoms with van der Waals surface area (Å²) in [5.74, 6) is 1.17. The molecule has 0 bridgehead atoms. The molecule has 0 saturated carbocycles. The molecule has 0 saturated heterocycles. The molecular weight excluding hydrogens is 468 g/mol. The zero-order chi connectivity index (χ0) is 26.4.